The van der Waals surface area contributed by atoms with E-state index in [4.69, 9.17) is 21.0 Å². The zero-order valence-electron chi connectivity index (χ0n) is 14.6. The zero-order valence-corrected chi connectivity index (χ0v) is 14.6. The number of ether oxygens (including phenoxy) is 1. The highest BCUT2D eigenvalue weighted by molar-refractivity contribution is 5.95. The number of aliphatic carboxylic acids is 1. The summed E-state index contributed by atoms with van der Waals surface area (Å²) in [5.74, 6) is -0.972. The van der Waals surface area contributed by atoms with Crippen LogP contribution in [-0.2, 0) is 9.59 Å². The summed E-state index contributed by atoms with van der Waals surface area (Å²) in [4.78, 5) is 22.5. The van der Waals surface area contributed by atoms with Crippen LogP contribution in [0.3, 0.4) is 0 Å². The van der Waals surface area contributed by atoms with E-state index in [1.165, 1.54) is 0 Å². The number of nitrogens with two attached hydrogens (primary N) is 1. The van der Waals surface area contributed by atoms with Crippen LogP contribution in [0.2, 0.25) is 0 Å². The summed E-state index contributed by atoms with van der Waals surface area (Å²) in [5.41, 5.74) is 8.15. The summed E-state index contributed by atoms with van der Waals surface area (Å²) in [7, 11) is 0. The van der Waals surface area contributed by atoms with Gasteiger partial charge >= 0.3 is 5.97 Å². The maximum Gasteiger partial charge on any atom is 0.304 e. The number of amides is 1. The van der Waals surface area contributed by atoms with E-state index in [0.29, 0.717) is 24.3 Å². The molecule has 1 amide bonds. The third-order valence-corrected chi connectivity index (χ3v) is 4.54. The highest BCUT2D eigenvalue weighted by Crippen LogP contribution is 2.24. The monoisotopic (exact) mass is 367 g/mol. The van der Waals surface area contributed by atoms with Gasteiger partial charge in [0.25, 0.3) is 0 Å². The zero-order chi connectivity index (χ0) is 19.4. The second-order valence-electron chi connectivity index (χ2n) is 6.56. The minimum absolute atomic E-state index is 0.0369. The average molecular weight is 367 g/mol. The van der Waals surface area contributed by atoms with Gasteiger partial charge in [0.1, 0.15) is 18.2 Å². The standard InChI is InChI=1S/C20H21N3O4/c21-19(22)14-3-1-12(2-4-14)13-5-7-17(8-6-13)27-11-16-9-15(10-18(24)25)20(26)23-16/h1-8,15-16H,9-11H2,(H3,21,22)(H,23,26)(H,24,25)/t15-,16-/m0/s1. The van der Waals surface area contributed by atoms with Gasteiger partial charge in [0.2, 0.25) is 5.91 Å². The van der Waals surface area contributed by atoms with Gasteiger partial charge in [-0.2, -0.15) is 0 Å². The topological polar surface area (TPSA) is 126 Å². The Labute approximate surface area is 156 Å². The predicted octanol–water partition coefficient (Wildman–Crippen LogP) is 2.00. The highest BCUT2D eigenvalue weighted by atomic mass is 16.5. The van der Waals surface area contributed by atoms with Crippen molar-refractivity contribution in [1.82, 2.24) is 5.32 Å². The molecular weight excluding hydrogens is 346 g/mol. The number of hydrogen-bond donors (Lipinski definition) is 4. The van der Waals surface area contributed by atoms with Crippen molar-refractivity contribution in [3.8, 4) is 16.9 Å². The molecule has 140 valence electrons. The van der Waals surface area contributed by atoms with Crippen molar-refractivity contribution < 1.29 is 19.4 Å². The van der Waals surface area contributed by atoms with Crippen LogP contribution in [-0.4, -0.2) is 35.5 Å². The Morgan fingerprint density at radius 1 is 1.15 bits per heavy atom. The van der Waals surface area contributed by atoms with Crippen molar-refractivity contribution in [3.63, 3.8) is 0 Å². The van der Waals surface area contributed by atoms with Gasteiger partial charge in [-0.05, 0) is 29.7 Å². The molecule has 0 unspecified atom stereocenters. The number of nitrogens with one attached hydrogen (secondary N) is 2. The van der Waals surface area contributed by atoms with Crippen molar-refractivity contribution in [2.45, 2.75) is 18.9 Å². The predicted molar refractivity (Wildman–Crippen MR) is 101 cm³/mol. The quantitative estimate of drug-likeness (QED) is 0.440. The lowest BCUT2D eigenvalue weighted by Gasteiger charge is -2.12. The fourth-order valence-corrected chi connectivity index (χ4v) is 3.11. The molecule has 27 heavy (non-hydrogen) atoms. The van der Waals surface area contributed by atoms with Crippen molar-refractivity contribution in [2.24, 2.45) is 11.7 Å². The second-order valence-corrected chi connectivity index (χ2v) is 6.56. The summed E-state index contributed by atoms with van der Waals surface area (Å²) in [6, 6.07) is 14.8. The number of carbonyl (C=O) groups excluding carboxylic acids is 1. The van der Waals surface area contributed by atoms with Crippen LogP contribution in [0.5, 0.6) is 5.75 Å². The Morgan fingerprint density at radius 2 is 1.74 bits per heavy atom. The fourth-order valence-electron chi connectivity index (χ4n) is 3.11. The summed E-state index contributed by atoms with van der Waals surface area (Å²) in [5, 5.41) is 19.0. The lowest BCUT2D eigenvalue weighted by atomic mass is 10.0. The number of rotatable bonds is 7. The molecular formula is C20H21N3O4. The van der Waals surface area contributed by atoms with Crippen LogP contribution in [0.15, 0.2) is 48.5 Å². The first-order chi connectivity index (χ1) is 12.9. The molecule has 1 aliphatic rings. The Hall–Kier alpha value is -3.35. The van der Waals surface area contributed by atoms with Gasteiger partial charge < -0.3 is 20.9 Å². The van der Waals surface area contributed by atoms with E-state index >= 15 is 0 Å². The lowest BCUT2D eigenvalue weighted by Crippen LogP contribution is -2.31. The van der Waals surface area contributed by atoms with Gasteiger partial charge in [-0.15, -0.1) is 0 Å². The number of hydrogen-bond acceptors (Lipinski definition) is 4. The molecule has 2 aromatic carbocycles. The van der Waals surface area contributed by atoms with Crippen LogP contribution in [0, 0.1) is 11.3 Å². The highest BCUT2D eigenvalue weighted by Gasteiger charge is 2.33. The molecule has 1 heterocycles. The van der Waals surface area contributed by atoms with E-state index in [1.807, 2.05) is 36.4 Å². The maximum atomic E-state index is 11.7. The van der Waals surface area contributed by atoms with Gasteiger partial charge in [0, 0.05) is 5.56 Å². The van der Waals surface area contributed by atoms with Crippen molar-refractivity contribution in [3.05, 3.63) is 54.1 Å². The average Bonchev–Trinajstić information content (AvgIpc) is 2.99. The number of carbonyl (C=O) groups is 2. The molecule has 1 fully saturated rings. The second kappa shape index (κ2) is 7.90. The van der Waals surface area contributed by atoms with E-state index in [9.17, 15) is 9.59 Å². The minimum atomic E-state index is -0.969. The number of benzene rings is 2. The van der Waals surface area contributed by atoms with Crippen LogP contribution in [0.4, 0.5) is 0 Å². The van der Waals surface area contributed by atoms with Crippen LogP contribution in [0.1, 0.15) is 18.4 Å². The molecule has 3 rings (SSSR count). The van der Waals surface area contributed by atoms with Crippen LogP contribution in [0.25, 0.3) is 11.1 Å². The molecule has 1 aliphatic heterocycles. The Balaban J connectivity index is 1.56. The third kappa shape index (κ3) is 4.63. The summed E-state index contributed by atoms with van der Waals surface area (Å²) in [6.07, 6.45) is 0.311. The van der Waals surface area contributed by atoms with E-state index in [0.717, 1.165) is 11.1 Å². The van der Waals surface area contributed by atoms with E-state index < -0.39 is 11.9 Å². The van der Waals surface area contributed by atoms with Gasteiger partial charge in [0.15, 0.2) is 0 Å². The van der Waals surface area contributed by atoms with Crippen LogP contribution < -0.4 is 15.8 Å². The molecule has 0 aliphatic carbocycles. The molecule has 0 aromatic heterocycles. The molecule has 0 radical (unpaired) electrons. The Kier molecular flexibility index (Phi) is 5.40. The molecule has 0 bridgehead atoms. The van der Waals surface area contributed by atoms with Gasteiger partial charge in [-0.3, -0.25) is 15.0 Å². The largest absolute Gasteiger partial charge is 0.491 e. The summed E-state index contributed by atoms with van der Waals surface area (Å²) in [6.45, 7) is 0.300. The van der Waals surface area contributed by atoms with E-state index in [1.54, 1.807) is 12.1 Å². The summed E-state index contributed by atoms with van der Waals surface area (Å²) < 4.78 is 5.73. The number of amidine groups is 1. The number of carboxylic acids is 1. The van der Waals surface area contributed by atoms with Crippen molar-refractivity contribution in [2.75, 3.05) is 6.61 Å². The van der Waals surface area contributed by atoms with Crippen LogP contribution >= 0.6 is 0 Å². The van der Waals surface area contributed by atoms with Crippen molar-refractivity contribution >= 4 is 17.7 Å². The first kappa shape index (κ1) is 18.4. The number of nitrogen functional groups attached to an aromatic ring is 1. The molecule has 7 nitrogen and oxygen atoms in total. The maximum absolute atomic E-state index is 11.7. The summed E-state index contributed by atoms with van der Waals surface area (Å²) >= 11 is 0. The molecule has 2 aromatic rings. The molecule has 5 N–H and O–H groups in total. The minimum Gasteiger partial charge on any atom is -0.491 e. The first-order valence-electron chi connectivity index (χ1n) is 8.62. The fraction of sp³-hybridized carbons (Fsp3) is 0.250. The molecule has 7 heteroatoms. The third-order valence-electron chi connectivity index (χ3n) is 4.54. The molecule has 0 spiro atoms. The molecule has 2 atom stereocenters. The molecule has 0 saturated carbocycles. The normalized spacial score (nSPS) is 18.7. The van der Waals surface area contributed by atoms with E-state index in [2.05, 4.69) is 5.32 Å². The Morgan fingerprint density at radius 3 is 2.30 bits per heavy atom. The lowest BCUT2D eigenvalue weighted by molar-refractivity contribution is -0.140. The molecule has 1 saturated heterocycles. The van der Waals surface area contributed by atoms with Gasteiger partial charge in [-0.1, -0.05) is 36.4 Å². The van der Waals surface area contributed by atoms with Gasteiger partial charge in [-0.25, -0.2) is 0 Å². The van der Waals surface area contributed by atoms with Gasteiger partial charge in [0.05, 0.1) is 18.4 Å². The van der Waals surface area contributed by atoms with E-state index in [-0.39, 0.29) is 24.2 Å². The SMILES string of the molecule is N=C(N)c1ccc(-c2ccc(OC[C@@H]3C[C@@H](CC(=O)O)C(=O)N3)cc2)cc1. The smallest absolute Gasteiger partial charge is 0.304 e. The first-order valence-corrected chi connectivity index (χ1v) is 8.62. The Bertz CT molecular complexity index is 847. The number of carboxylic acid groups (broad SMARTS) is 1. The van der Waals surface area contributed by atoms with Crippen molar-refractivity contribution in [1.29, 1.82) is 5.41 Å².